The van der Waals surface area contributed by atoms with Gasteiger partial charge in [-0.25, -0.2) is 4.98 Å². The highest BCUT2D eigenvalue weighted by Gasteiger charge is 2.26. The summed E-state index contributed by atoms with van der Waals surface area (Å²) < 4.78 is 5.92. The summed E-state index contributed by atoms with van der Waals surface area (Å²) in [5, 5.41) is 2.06. The molecular formula is C20H22N2OS2. The standard InChI is InChI=1S/C20H22N2OS2/c1-14-5-7-16(8-6-14)18-13-24-11-9-22(18)12-17-15(2)23-20(21-17)19-4-3-10-25-19/h3-8,10,18H,9,11-13H2,1-2H3. The molecule has 2 aromatic heterocycles. The third-order valence-electron chi connectivity index (χ3n) is 4.68. The van der Waals surface area contributed by atoms with E-state index in [0.29, 0.717) is 6.04 Å². The van der Waals surface area contributed by atoms with Crippen molar-refractivity contribution in [3.8, 4) is 10.8 Å². The van der Waals surface area contributed by atoms with Crippen LogP contribution in [0.5, 0.6) is 0 Å². The van der Waals surface area contributed by atoms with Gasteiger partial charge in [-0.3, -0.25) is 4.90 Å². The summed E-state index contributed by atoms with van der Waals surface area (Å²) >= 11 is 3.71. The molecule has 1 aliphatic heterocycles. The third-order valence-corrected chi connectivity index (χ3v) is 6.56. The summed E-state index contributed by atoms with van der Waals surface area (Å²) in [6.07, 6.45) is 0. The molecule has 1 saturated heterocycles. The molecule has 0 bridgehead atoms. The molecule has 130 valence electrons. The molecule has 4 rings (SSSR count). The minimum atomic E-state index is 0.445. The number of hydrogen-bond donors (Lipinski definition) is 0. The quantitative estimate of drug-likeness (QED) is 0.622. The fourth-order valence-electron chi connectivity index (χ4n) is 3.20. The van der Waals surface area contributed by atoms with Gasteiger partial charge in [-0.2, -0.15) is 11.8 Å². The van der Waals surface area contributed by atoms with Gasteiger partial charge in [0.15, 0.2) is 0 Å². The second kappa shape index (κ2) is 7.36. The van der Waals surface area contributed by atoms with Crippen molar-refractivity contribution in [2.24, 2.45) is 0 Å². The number of nitrogens with zero attached hydrogens (tertiary/aromatic N) is 2. The predicted octanol–water partition coefficient (Wildman–Crippen LogP) is 5.31. The molecule has 0 amide bonds. The fraction of sp³-hybridized carbons (Fsp3) is 0.350. The topological polar surface area (TPSA) is 29.3 Å². The van der Waals surface area contributed by atoms with E-state index in [4.69, 9.17) is 9.40 Å². The number of oxazole rings is 1. The predicted molar refractivity (Wildman–Crippen MR) is 106 cm³/mol. The van der Waals surface area contributed by atoms with Crippen LogP contribution in [-0.4, -0.2) is 27.9 Å². The van der Waals surface area contributed by atoms with Crippen LogP contribution in [0.4, 0.5) is 0 Å². The van der Waals surface area contributed by atoms with E-state index in [9.17, 15) is 0 Å². The Labute approximate surface area is 157 Å². The van der Waals surface area contributed by atoms with Crippen molar-refractivity contribution < 1.29 is 4.42 Å². The van der Waals surface area contributed by atoms with E-state index in [1.165, 1.54) is 16.9 Å². The van der Waals surface area contributed by atoms with Gasteiger partial charge in [-0.15, -0.1) is 11.3 Å². The molecule has 3 aromatic rings. The number of aryl methyl sites for hydroxylation is 2. The molecule has 1 atom stereocenters. The lowest BCUT2D eigenvalue weighted by atomic mass is 10.0. The van der Waals surface area contributed by atoms with Crippen LogP contribution in [0.1, 0.15) is 28.6 Å². The van der Waals surface area contributed by atoms with Crippen molar-refractivity contribution in [3.63, 3.8) is 0 Å². The van der Waals surface area contributed by atoms with Crippen molar-refractivity contribution in [1.29, 1.82) is 0 Å². The Morgan fingerprint density at radius 1 is 1.20 bits per heavy atom. The van der Waals surface area contributed by atoms with Crippen LogP contribution >= 0.6 is 23.1 Å². The van der Waals surface area contributed by atoms with Crippen LogP contribution in [-0.2, 0) is 6.54 Å². The number of benzene rings is 1. The van der Waals surface area contributed by atoms with E-state index in [1.54, 1.807) is 11.3 Å². The molecule has 1 unspecified atom stereocenters. The molecular weight excluding hydrogens is 348 g/mol. The Morgan fingerprint density at radius 3 is 2.80 bits per heavy atom. The summed E-state index contributed by atoms with van der Waals surface area (Å²) in [5.74, 6) is 4.00. The fourth-order valence-corrected chi connectivity index (χ4v) is 5.00. The number of aromatic nitrogens is 1. The Morgan fingerprint density at radius 2 is 2.04 bits per heavy atom. The van der Waals surface area contributed by atoms with Gasteiger partial charge < -0.3 is 4.42 Å². The van der Waals surface area contributed by atoms with Crippen molar-refractivity contribution in [2.75, 3.05) is 18.1 Å². The molecule has 1 fully saturated rings. The molecule has 0 aliphatic carbocycles. The average molecular weight is 371 g/mol. The highest BCUT2D eigenvalue weighted by Crippen LogP contribution is 2.32. The summed E-state index contributed by atoms with van der Waals surface area (Å²) in [4.78, 5) is 8.43. The van der Waals surface area contributed by atoms with Crippen LogP contribution in [0.15, 0.2) is 46.2 Å². The number of thiophene rings is 1. The smallest absolute Gasteiger partial charge is 0.236 e. The highest BCUT2D eigenvalue weighted by molar-refractivity contribution is 7.99. The van der Waals surface area contributed by atoms with Crippen LogP contribution < -0.4 is 0 Å². The largest absolute Gasteiger partial charge is 0.440 e. The van der Waals surface area contributed by atoms with E-state index < -0.39 is 0 Å². The van der Waals surface area contributed by atoms with Crippen LogP contribution in [0, 0.1) is 13.8 Å². The zero-order chi connectivity index (χ0) is 17.2. The number of rotatable bonds is 4. The van der Waals surface area contributed by atoms with E-state index in [2.05, 4.69) is 47.5 Å². The van der Waals surface area contributed by atoms with Crippen LogP contribution in [0.3, 0.4) is 0 Å². The van der Waals surface area contributed by atoms with E-state index in [1.807, 2.05) is 24.8 Å². The Balaban J connectivity index is 1.57. The first kappa shape index (κ1) is 16.9. The van der Waals surface area contributed by atoms with Crippen molar-refractivity contribution in [3.05, 3.63) is 64.4 Å². The van der Waals surface area contributed by atoms with Gasteiger partial charge in [0, 0.05) is 30.6 Å². The molecule has 1 aliphatic rings. The third kappa shape index (κ3) is 3.68. The number of thioether (sulfide) groups is 1. The Hall–Kier alpha value is -1.56. The van der Waals surface area contributed by atoms with E-state index >= 15 is 0 Å². The zero-order valence-corrected chi connectivity index (χ0v) is 16.2. The molecule has 0 radical (unpaired) electrons. The molecule has 0 N–H and O–H groups in total. The average Bonchev–Trinajstić information content (AvgIpc) is 3.27. The Bertz CT molecular complexity index is 824. The highest BCUT2D eigenvalue weighted by atomic mass is 32.2. The van der Waals surface area contributed by atoms with Crippen LogP contribution in [0.25, 0.3) is 10.8 Å². The first-order valence-electron chi connectivity index (χ1n) is 8.59. The molecule has 1 aromatic carbocycles. The van der Waals surface area contributed by atoms with Gasteiger partial charge >= 0.3 is 0 Å². The zero-order valence-electron chi connectivity index (χ0n) is 14.6. The molecule has 3 nitrogen and oxygen atoms in total. The van der Waals surface area contributed by atoms with E-state index in [0.717, 1.165) is 41.1 Å². The molecule has 0 saturated carbocycles. The maximum Gasteiger partial charge on any atom is 0.236 e. The second-order valence-electron chi connectivity index (χ2n) is 6.47. The lowest BCUT2D eigenvalue weighted by Crippen LogP contribution is -2.35. The van der Waals surface area contributed by atoms with Crippen molar-refractivity contribution in [1.82, 2.24) is 9.88 Å². The van der Waals surface area contributed by atoms with Crippen LogP contribution in [0.2, 0.25) is 0 Å². The minimum Gasteiger partial charge on any atom is -0.440 e. The second-order valence-corrected chi connectivity index (χ2v) is 8.57. The summed E-state index contributed by atoms with van der Waals surface area (Å²) in [6, 6.07) is 13.5. The van der Waals surface area contributed by atoms with E-state index in [-0.39, 0.29) is 0 Å². The van der Waals surface area contributed by atoms with Gasteiger partial charge in [-0.1, -0.05) is 35.9 Å². The maximum atomic E-state index is 5.92. The maximum absolute atomic E-state index is 5.92. The van der Waals surface area contributed by atoms with Crippen molar-refractivity contribution >= 4 is 23.1 Å². The first-order chi connectivity index (χ1) is 12.2. The summed E-state index contributed by atoms with van der Waals surface area (Å²) in [6.45, 7) is 6.10. The van der Waals surface area contributed by atoms with Gasteiger partial charge in [0.25, 0.3) is 0 Å². The lowest BCUT2D eigenvalue weighted by Gasteiger charge is -2.35. The van der Waals surface area contributed by atoms with Gasteiger partial charge in [0.2, 0.25) is 5.89 Å². The van der Waals surface area contributed by atoms with Crippen molar-refractivity contribution in [2.45, 2.75) is 26.4 Å². The first-order valence-corrected chi connectivity index (χ1v) is 10.6. The van der Waals surface area contributed by atoms with Gasteiger partial charge in [-0.05, 0) is 30.9 Å². The number of hydrogen-bond acceptors (Lipinski definition) is 5. The van der Waals surface area contributed by atoms with Gasteiger partial charge in [0.1, 0.15) is 5.76 Å². The molecule has 25 heavy (non-hydrogen) atoms. The monoisotopic (exact) mass is 370 g/mol. The molecule has 5 heteroatoms. The molecule has 3 heterocycles. The normalized spacial score (nSPS) is 18.6. The Kier molecular flexibility index (Phi) is 4.97. The minimum absolute atomic E-state index is 0.445. The molecule has 0 spiro atoms. The summed E-state index contributed by atoms with van der Waals surface area (Å²) in [5.41, 5.74) is 3.77. The SMILES string of the molecule is Cc1ccc(C2CSCCN2Cc2nc(-c3cccs3)oc2C)cc1. The summed E-state index contributed by atoms with van der Waals surface area (Å²) in [7, 11) is 0. The van der Waals surface area contributed by atoms with Gasteiger partial charge in [0.05, 0.1) is 10.6 Å². The lowest BCUT2D eigenvalue weighted by molar-refractivity contribution is 0.209.